The second-order valence-electron chi connectivity index (χ2n) is 7.82. The van der Waals surface area contributed by atoms with Crippen LogP contribution < -0.4 is 14.4 Å². The van der Waals surface area contributed by atoms with Crippen LogP contribution in [-0.2, 0) is 11.2 Å². The number of nitrogens with zero attached hydrogens (tertiary/aromatic N) is 3. The van der Waals surface area contributed by atoms with Gasteiger partial charge in [-0.05, 0) is 50.2 Å². The van der Waals surface area contributed by atoms with Crippen LogP contribution >= 0.6 is 11.3 Å². The molecule has 172 valence electrons. The number of hydrogen-bond acceptors (Lipinski definition) is 6. The molecule has 0 fully saturated rings. The molecule has 0 spiro atoms. The lowest BCUT2D eigenvalue weighted by molar-refractivity contribution is -0.118. The van der Waals surface area contributed by atoms with Crippen molar-refractivity contribution in [2.45, 2.75) is 34.1 Å². The maximum absolute atomic E-state index is 13.6. The fraction of sp³-hybridized carbons (Fsp3) is 0.440. The van der Waals surface area contributed by atoms with Gasteiger partial charge < -0.3 is 14.4 Å². The van der Waals surface area contributed by atoms with E-state index in [1.165, 1.54) is 11.3 Å². The standard InChI is InChI=1S/C25H33N3O3S/c1-7-27(8-2)13-14-28(22(29)16-19-15-17(3)9-10-18(19)4)25-26-23-20(30-5)11-12-21(31-6)24(23)32-25/h9-12,15H,7-8,13-14,16H2,1-6H3. The lowest BCUT2D eigenvalue weighted by Crippen LogP contribution is -2.39. The summed E-state index contributed by atoms with van der Waals surface area (Å²) in [5, 5.41) is 0.672. The Labute approximate surface area is 194 Å². The molecule has 3 aromatic rings. The molecule has 6 nitrogen and oxygen atoms in total. The van der Waals surface area contributed by atoms with E-state index in [0.717, 1.165) is 52.3 Å². The number of aromatic nitrogens is 1. The lowest BCUT2D eigenvalue weighted by atomic mass is 10.0. The number of benzene rings is 2. The SMILES string of the molecule is CCN(CC)CCN(C(=O)Cc1cc(C)ccc1C)c1nc2c(OC)ccc(OC)c2s1. The fourth-order valence-electron chi connectivity index (χ4n) is 3.75. The molecule has 2 aromatic carbocycles. The molecule has 1 heterocycles. The molecule has 0 saturated heterocycles. The molecule has 0 N–H and O–H groups in total. The number of aryl methyl sites for hydroxylation is 2. The van der Waals surface area contributed by atoms with Gasteiger partial charge in [0.15, 0.2) is 5.13 Å². The van der Waals surface area contributed by atoms with Crippen LogP contribution in [0.1, 0.15) is 30.5 Å². The van der Waals surface area contributed by atoms with Gasteiger partial charge in [-0.15, -0.1) is 0 Å². The highest BCUT2D eigenvalue weighted by Gasteiger charge is 2.23. The van der Waals surface area contributed by atoms with Crippen molar-refractivity contribution in [2.75, 3.05) is 45.3 Å². The highest BCUT2D eigenvalue weighted by molar-refractivity contribution is 7.22. The molecule has 1 amide bonds. The maximum atomic E-state index is 13.6. The zero-order valence-electron chi connectivity index (χ0n) is 19.9. The number of methoxy groups -OCH3 is 2. The summed E-state index contributed by atoms with van der Waals surface area (Å²) in [6, 6.07) is 9.98. The monoisotopic (exact) mass is 455 g/mol. The van der Waals surface area contributed by atoms with Gasteiger partial charge in [-0.1, -0.05) is 48.9 Å². The Hall–Kier alpha value is -2.64. The third kappa shape index (κ3) is 5.22. The van der Waals surface area contributed by atoms with Crippen LogP contribution in [0, 0.1) is 13.8 Å². The zero-order chi connectivity index (χ0) is 23.3. The van der Waals surface area contributed by atoms with Gasteiger partial charge in [-0.2, -0.15) is 0 Å². The maximum Gasteiger partial charge on any atom is 0.233 e. The summed E-state index contributed by atoms with van der Waals surface area (Å²) in [6.07, 6.45) is 0.343. The normalized spacial score (nSPS) is 11.2. The second kappa shape index (κ2) is 10.8. The van der Waals surface area contributed by atoms with Gasteiger partial charge in [-0.3, -0.25) is 9.69 Å². The first kappa shape index (κ1) is 24.0. The minimum atomic E-state index is 0.0443. The van der Waals surface area contributed by atoms with Crippen molar-refractivity contribution in [3.63, 3.8) is 0 Å². The van der Waals surface area contributed by atoms with Gasteiger partial charge in [0.2, 0.25) is 5.91 Å². The van der Waals surface area contributed by atoms with E-state index in [1.54, 1.807) is 14.2 Å². The summed E-state index contributed by atoms with van der Waals surface area (Å²) in [4.78, 5) is 22.5. The Morgan fingerprint density at radius 2 is 1.69 bits per heavy atom. The predicted octanol–water partition coefficient (Wildman–Crippen LogP) is 4.85. The minimum Gasteiger partial charge on any atom is -0.495 e. The summed E-state index contributed by atoms with van der Waals surface area (Å²) in [7, 11) is 3.27. The van der Waals surface area contributed by atoms with Gasteiger partial charge >= 0.3 is 0 Å². The molecule has 0 aliphatic rings. The molecular formula is C25H33N3O3S. The quantitative estimate of drug-likeness (QED) is 0.438. The number of fused-ring (bicyclic) bond motifs is 1. The number of carbonyl (C=O) groups excluding carboxylic acids is 1. The first-order valence-electron chi connectivity index (χ1n) is 11.0. The topological polar surface area (TPSA) is 54.9 Å². The number of hydrogen-bond donors (Lipinski definition) is 0. The molecule has 0 bridgehead atoms. The van der Waals surface area contributed by atoms with Gasteiger partial charge in [0.05, 0.1) is 20.6 Å². The van der Waals surface area contributed by atoms with Crippen LogP contribution in [0.3, 0.4) is 0 Å². The third-order valence-corrected chi connectivity index (χ3v) is 6.90. The number of rotatable bonds is 10. The Kier molecular flexibility index (Phi) is 8.10. The van der Waals surface area contributed by atoms with Crippen molar-refractivity contribution < 1.29 is 14.3 Å². The third-order valence-electron chi connectivity index (χ3n) is 5.81. The molecule has 0 unspecified atom stereocenters. The lowest BCUT2D eigenvalue weighted by Gasteiger charge is -2.25. The number of likely N-dealkylation sites (N-methyl/N-ethyl adjacent to an activating group) is 1. The van der Waals surface area contributed by atoms with E-state index in [0.29, 0.717) is 23.8 Å². The average Bonchev–Trinajstić information content (AvgIpc) is 3.23. The van der Waals surface area contributed by atoms with Crippen molar-refractivity contribution >= 4 is 32.6 Å². The largest absolute Gasteiger partial charge is 0.495 e. The molecule has 32 heavy (non-hydrogen) atoms. The number of anilines is 1. The van der Waals surface area contributed by atoms with E-state index < -0.39 is 0 Å². The summed E-state index contributed by atoms with van der Waals surface area (Å²) in [5.41, 5.74) is 4.06. The number of thiazole rings is 1. The first-order valence-corrected chi connectivity index (χ1v) is 11.8. The van der Waals surface area contributed by atoms with Crippen LogP contribution in [0.5, 0.6) is 11.5 Å². The minimum absolute atomic E-state index is 0.0443. The number of carbonyl (C=O) groups is 1. The zero-order valence-corrected chi connectivity index (χ0v) is 20.7. The average molecular weight is 456 g/mol. The molecule has 0 radical (unpaired) electrons. The van der Waals surface area contributed by atoms with Gasteiger partial charge in [-0.25, -0.2) is 4.98 Å². The van der Waals surface area contributed by atoms with Gasteiger partial charge in [0.25, 0.3) is 0 Å². The highest BCUT2D eigenvalue weighted by atomic mass is 32.1. The van der Waals surface area contributed by atoms with Gasteiger partial charge in [0.1, 0.15) is 21.7 Å². The van der Waals surface area contributed by atoms with E-state index in [-0.39, 0.29) is 5.91 Å². The van der Waals surface area contributed by atoms with Crippen LogP contribution in [-0.4, -0.2) is 56.2 Å². The summed E-state index contributed by atoms with van der Waals surface area (Å²) >= 11 is 1.47. The highest BCUT2D eigenvalue weighted by Crippen LogP contribution is 2.40. The molecule has 0 atom stereocenters. The number of amides is 1. The van der Waals surface area contributed by atoms with E-state index in [4.69, 9.17) is 14.5 Å². The smallest absolute Gasteiger partial charge is 0.233 e. The van der Waals surface area contributed by atoms with Crippen LogP contribution in [0.25, 0.3) is 10.2 Å². The van der Waals surface area contributed by atoms with Crippen LogP contribution in [0.15, 0.2) is 30.3 Å². The molecule has 7 heteroatoms. The van der Waals surface area contributed by atoms with E-state index in [1.807, 2.05) is 17.0 Å². The van der Waals surface area contributed by atoms with Gasteiger partial charge in [0, 0.05) is 13.1 Å². The number of ether oxygens (including phenoxy) is 2. The van der Waals surface area contributed by atoms with E-state index >= 15 is 0 Å². The van der Waals surface area contributed by atoms with Crippen LogP contribution in [0.4, 0.5) is 5.13 Å². The molecule has 0 aliphatic heterocycles. The molecule has 0 saturated carbocycles. The molecular weight excluding hydrogens is 422 g/mol. The Balaban J connectivity index is 2.00. The molecule has 3 rings (SSSR count). The molecule has 1 aromatic heterocycles. The van der Waals surface area contributed by atoms with Crippen molar-refractivity contribution in [1.82, 2.24) is 9.88 Å². The summed E-state index contributed by atoms with van der Waals surface area (Å²) in [5.74, 6) is 1.45. The second-order valence-corrected chi connectivity index (χ2v) is 8.80. The summed E-state index contributed by atoms with van der Waals surface area (Å²) in [6.45, 7) is 11.6. The van der Waals surface area contributed by atoms with Crippen molar-refractivity contribution in [2.24, 2.45) is 0 Å². The van der Waals surface area contributed by atoms with Crippen molar-refractivity contribution in [1.29, 1.82) is 0 Å². The van der Waals surface area contributed by atoms with Crippen molar-refractivity contribution in [3.8, 4) is 11.5 Å². The van der Waals surface area contributed by atoms with E-state index in [9.17, 15) is 4.79 Å². The first-order chi connectivity index (χ1) is 15.4. The fourth-order valence-corrected chi connectivity index (χ4v) is 4.86. The summed E-state index contributed by atoms with van der Waals surface area (Å²) < 4.78 is 11.9. The predicted molar refractivity (Wildman–Crippen MR) is 132 cm³/mol. The Morgan fingerprint density at radius 1 is 1.00 bits per heavy atom. The molecule has 0 aliphatic carbocycles. The Morgan fingerprint density at radius 3 is 2.34 bits per heavy atom. The van der Waals surface area contributed by atoms with Crippen molar-refractivity contribution in [3.05, 3.63) is 47.0 Å². The van der Waals surface area contributed by atoms with E-state index in [2.05, 4.69) is 50.8 Å². The van der Waals surface area contributed by atoms with Crippen LogP contribution in [0.2, 0.25) is 0 Å². The Bertz CT molecular complexity index is 1030.